The van der Waals surface area contributed by atoms with Crippen LogP contribution in [0.2, 0.25) is 5.02 Å². The molecule has 1 aliphatic heterocycles. The highest BCUT2D eigenvalue weighted by molar-refractivity contribution is 6.30. The van der Waals surface area contributed by atoms with E-state index < -0.39 is 0 Å². The summed E-state index contributed by atoms with van der Waals surface area (Å²) < 4.78 is 13.0. The van der Waals surface area contributed by atoms with Gasteiger partial charge in [0.15, 0.2) is 0 Å². The van der Waals surface area contributed by atoms with Crippen LogP contribution in [0.3, 0.4) is 0 Å². The number of benzene rings is 1. The van der Waals surface area contributed by atoms with Gasteiger partial charge in [0.2, 0.25) is 0 Å². The van der Waals surface area contributed by atoms with Crippen molar-refractivity contribution in [2.45, 2.75) is 32.4 Å². The zero-order chi connectivity index (χ0) is 13.0. The quantitative estimate of drug-likeness (QED) is 0.905. The van der Waals surface area contributed by atoms with E-state index >= 15 is 0 Å². The van der Waals surface area contributed by atoms with Crippen molar-refractivity contribution in [3.63, 3.8) is 0 Å². The molecule has 0 aliphatic carbocycles. The Morgan fingerprint density at radius 2 is 2.11 bits per heavy atom. The maximum atomic E-state index is 13.0. The Hall–Kier alpha value is -0.640. The number of likely N-dealkylation sites (tertiary alicyclic amines) is 1. The minimum absolute atomic E-state index is 0.204. The minimum Gasteiger partial charge on any atom is -0.310 e. The van der Waals surface area contributed by atoms with Gasteiger partial charge in [-0.2, -0.15) is 0 Å². The van der Waals surface area contributed by atoms with E-state index in [9.17, 15) is 4.39 Å². The van der Waals surface area contributed by atoms with Crippen LogP contribution in [0.25, 0.3) is 0 Å². The number of halogens is 2. The monoisotopic (exact) mass is 270 g/mol. The third-order valence-corrected chi connectivity index (χ3v) is 3.90. The normalized spacial score (nSPS) is 18.2. The number of hydrogen-bond acceptors (Lipinski definition) is 2. The molecule has 0 aromatic heterocycles. The van der Waals surface area contributed by atoms with Crippen LogP contribution in [-0.4, -0.2) is 30.6 Å². The molecule has 1 aliphatic rings. The molecule has 2 rings (SSSR count). The van der Waals surface area contributed by atoms with Gasteiger partial charge in [0.25, 0.3) is 0 Å². The Kier molecular flexibility index (Phi) is 4.98. The summed E-state index contributed by atoms with van der Waals surface area (Å²) in [7, 11) is 0. The van der Waals surface area contributed by atoms with Crippen LogP contribution in [0.5, 0.6) is 0 Å². The molecule has 0 atom stereocenters. The highest BCUT2D eigenvalue weighted by Gasteiger charge is 2.17. The van der Waals surface area contributed by atoms with E-state index in [1.54, 1.807) is 12.1 Å². The molecule has 0 saturated carbocycles. The Morgan fingerprint density at radius 3 is 2.72 bits per heavy atom. The molecular weight excluding hydrogens is 251 g/mol. The lowest BCUT2D eigenvalue weighted by Crippen LogP contribution is -2.42. The lowest BCUT2D eigenvalue weighted by molar-refractivity contribution is 0.206. The second-order valence-corrected chi connectivity index (χ2v) is 5.25. The van der Waals surface area contributed by atoms with Gasteiger partial charge in [-0.1, -0.05) is 24.6 Å². The summed E-state index contributed by atoms with van der Waals surface area (Å²) in [6.07, 6.45) is 2.37. The van der Waals surface area contributed by atoms with Crippen molar-refractivity contribution in [3.05, 3.63) is 34.6 Å². The first-order valence-corrected chi connectivity index (χ1v) is 6.96. The maximum Gasteiger partial charge on any atom is 0.141 e. The van der Waals surface area contributed by atoms with E-state index in [1.165, 1.54) is 32.0 Å². The molecule has 1 N–H and O–H groups in total. The zero-order valence-corrected chi connectivity index (χ0v) is 11.5. The molecule has 1 heterocycles. The minimum atomic E-state index is -0.350. The molecule has 0 bridgehead atoms. The van der Waals surface area contributed by atoms with Crippen LogP contribution in [-0.2, 0) is 6.54 Å². The fourth-order valence-electron chi connectivity index (χ4n) is 2.37. The van der Waals surface area contributed by atoms with Crippen LogP contribution < -0.4 is 5.32 Å². The van der Waals surface area contributed by atoms with Crippen molar-refractivity contribution in [3.8, 4) is 0 Å². The molecule has 4 heteroatoms. The summed E-state index contributed by atoms with van der Waals surface area (Å²) in [5.41, 5.74) is 1.04. The first-order chi connectivity index (χ1) is 8.69. The van der Waals surface area contributed by atoms with Gasteiger partial charge in [0, 0.05) is 12.6 Å². The summed E-state index contributed by atoms with van der Waals surface area (Å²) in [4.78, 5) is 2.47. The number of nitrogens with one attached hydrogen (secondary N) is 1. The van der Waals surface area contributed by atoms with Crippen LogP contribution in [0.1, 0.15) is 25.3 Å². The third kappa shape index (κ3) is 3.67. The second-order valence-electron chi connectivity index (χ2n) is 4.84. The predicted molar refractivity (Wildman–Crippen MR) is 73.4 cm³/mol. The molecule has 1 aromatic rings. The van der Waals surface area contributed by atoms with Gasteiger partial charge in [0.1, 0.15) is 5.82 Å². The van der Waals surface area contributed by atoms with Gasteiger partial charge in [-0.05, 0) is 50.2 Å². The van der Waals surface area contributed by atoms with E-state index in [0.29, 0.717) is 6.04 Å². The number of nitrogens with zero attached hydrogens (tertiary/aromatic N) is 1. The summed E-state index contributed by atoms with van der Waals surface area (Å²) in [5, 5.41) is 3.73. The van der Waals surface area contributed by atoms with Crippen molar-refractivity contribution in [1.82, 2.24) is 10.2 Å². The van der Waals surface area contributed by atoms with E-state index in [4.69, 9.17) is 11.6 Å². The molecule has 0 unspecified atom stereocenters. The summed E-state index contributed by atoms with van der Waals surface area (Å²) >= 11 is 5.76. The van der Waals surface area contributed by atoms with Crippen LogP contribution >= 0.6 is 11.6 Å². The van der Waals surface area contributed by atoms with Gasteiger partial charge >= 0.3 is 0 Å². The third-order valence-electron chi connectivity index (χ3n) is 3.61. The van der Waals surface area contributed by atoms with Gasteiger partial charge < -0.3 is 10.2 Å². The Bertz CT molecular complexity index is 389. The average Bonchev–Trinajstić information content (AvgIpc) is 2.41. The van der Waals surface area contributed by atoms with E-state index in [-0.39, 0.29) is 10.8 Å². The number of piperidine rings is 1. The topological polar surface area (TPSA) is 15.3 Å². The summed E-state index contributed by atoms with van der Waals surface area (Å²) in [6.45, 7) is 6.43. The molecule has 18 heavy (non-hydrogen) atoms. The Morgan fingerprint density at radius 1 is 1.39 bits per heavy atom. The van der Waals surface area contributed by atoms with Crippen molar-refractivity contribution >= 4 is 11.6 Å². The van der Waals surface area contributed by atoms with E-state index in [0.717, 1.165) is 18.7 Å². The molecule has 100 valence electrons. The van der Waals surface area contributed by atoms with Crippen molar-refractivity contribution in [2.24, 2.45) is 0 Å². The molecule has 1 saturated heterocycles. The average molecular weight is 271 g/mol. The van der Waals surface area contributed by atoms with Crippen molar-refractivity contribution in [1.29, 1.82) is 0 Å². The molecule has 0 amide bonds. The van der Waals surface area contributed by atoms with Gasteiger partial charge in [-0.15, -0.1) is 0 Å². The Balaban J connectivity index is 1.79. The number of rotatable bonds is 4. The standard InChI is InChI=1S/C14H20ClFN2/c1-2-18-7-5-12(6-8-18)17-10-11-3-4-14(16)13(15)9-11/h3-4,9,12,17H,2,5-8,10H2,1H3. The highest BCUT2D eigenvalue weighted by atomic mass is 35.5. The maximum absolute atomic E-state index is 13.0. The SMILES string of the molecule is CCN1CCC(NCc2ccc(F)c(Cl)c2)CC1. The van der Waals surface area contributed by atoms with Crippen LogP contribution in [0, 0.1) is 5.82 Å². The van der Waals surface area contributed by atoms with Crippen molar-refractivity contribution < 1.29 is 4.39 Å². The molecule has 1 aromatic carbocycles. The first kappa shape index (κ1) is 13.8. The molecule has 2 nitrogen and oxygen atoms in total. The predicted octanol–water partition coefficient (Wildman–Crippen LogP) is 3.05. The van der Waals surface area contributed by atoms with Gasteiger partial charge in [0.05, 0.1) is 5.02 Å². The lowest BCUT2D eigenvalue weighted by Gasteiger charge is -2.31. The van der Waals surface area contributed by atoms with E-state index in [2.05, 4.69) is 17.1 Å². The van der Waals surface area contributed by atoms with Gasteiger partial charge in [-0.25, -0.2) is 4.39 Å². The molecule has 1 fully saturated rings. The fourth-order valence-corrected chi connectivity index (χ4v) is 2.57. The molecule has 0 radical (unpaired) electrons. The Labute approximate surface area is 113 Å². The summed E-state index contributed by atoms with van der Waals surface area (Å²) in [6, 6.07) is 5.48. The van der Waals surface area contributed by atoms with Crippen molar-refractivity contribution in [2.75, 3.05) is 19.6 Å². The fraction of sp³-hybridized carbons (Fsp3) is 0.571. The highest BCUT2D eigenvalue weighted by Crippen LogP contribution is 2.16. The smallest absolute Gasteiger partial charge is 0.141 e. The zero-order valence-electron chi connectivity index (χ0n) is 10.8. The van der Waals surface area contributed by atoms with Crippen LogP contribution in [0.15, 0.2) is 18.2 Å². The van der Waals surface area contributed by atoms with E-state index in [1.807, 2.05) is 0 Å². The second kappa shape index (κ2) is 6.50. The summed E-state index contributed by atoms with van der Waals surface area (Å²) in [5.74, 6) is -0.350. The molecular formula is C14H20ClFN2. The first-order valence-electron chi connectivity index (χ1n) is 6.58. The number of hydrogen-bond donors (Lipinski definition) is 1. The van der Waals surface area contributed by atoms with Gasteiger partial charge in [-0.3, -0.25) is 0 Å². The van der Waals surface area contributed by atoms with Crippen LogP contribution in [0.4, 0.5) is 4.39 Å². The largest absolute Gasteiger partial charge is 0.310 e. The lowest BCUT2D eigenvalue weighted by atomic mass is 10.0. The molecule has 0 spiro atoms.